The first kappa shape index (κ1) is 11.4. The highest BCUT2D eigenvalue weighted by molar-refractivity contribution is 4.86. The summed E-state index contributed by atoms with van der Waals surface area (Å²) in [5, 5.41) is 13.0. The van der Waals surface area contributed by atoms with E-state index in [1.165, 1.54) is 19.3 Å². The van der Waals surface area contributed by atoms with E-state index in [0.29, 0.717) is 6.61 Å². The van der Waals surface area contributed by atoms with Crippen molar-refractivity contribution in [3.05, 3.63) is 0 Å². The Morgan fingerprint density at radius 2 is 1.87 bits per heavy atom. The molecule has 0 unspecified atom stereocenters. The number of hydrogen-bond acceptors (Lipinski definition) is 3. The van der Waals surface area contributed by atoms with Crippen LogP contribution in [0.4, 0.5) is 0 Å². The summed E-state index contributed by atoms with van der Waals surface area (Å²) in [5.74, 6) is 0.781. The van der Waals surface area contributed by atoms with Gasteiger partial charge in [-0.1, -0.05) is 0 Å². The first-order valence-electron chi connectivity index (χ1n) is 6.24. The summed E-state index contributed by atoms with van der Waals surface area (Å²) < 4.78 is 5.38. The Morgan fingerprint density at radius 3 is 2.47 bits per heavy atom. The molecule has 3 heteroatoms. The molecule has 2 N–H and O–H groups in total. The zero-order valence-corrected chi connectivity index (χ0v) is 9.50. The van der Waals surface area contributed by atoms with Gasteiger partial charge in [-0.05, 0) is 56.5 Å². The van der Waals surface area contributed by atoms with Crippen molar-refractivity contribution in [3.8, 4) is 0 Å². The monoisotopic (exact) mass is 213 g/mol. The standard InChI is InChI=1S/C12H23NO2/c14-10-12(3-5-13-6-4-12)9-11-1-7-15-8-2-11/h11,13-14H,1-10H2. The van der Waals surface area contributed by atoms with Crippen LogP contribution in [-0.2, 0) is 4.74 Å². The van der Waals surface area contributed by atoms with Crippen molar-refractivity contribution in [2.24, 2.45) is 11.3 Å². The number of hydrogen-bond donors (Lipinski definition) is 2. The lowest BCUT2D eigenvalue weighted by molar-refractivity contribution is 0.0170. The number of aliphatic hydroxyl groups is 1. The topological polar surface area (TPSA) is 41.5 Å². The van der Waals surface area contributed by atoms with Gasteiger partial charge < -0.3 is 15.2 Å². The molecule has 0 atom stereocenters. The molecule has 0 radical (unpaired) electrons. The summed E-state index contributed by atoms with van der Waals surface area (Å²) >= 11 is 0. The average Bonchev–Trinajstić information content (AvgIpc) is 2.32. The summed E-state index contributed by atoms with van der Waals surface area (Å²) in [6.07, 6.45) is 5.86. The number of nitrogens with one attached hydrogen (secondary N) is 1. The minimum Gasteiger partial charge on any atom is -0.396 e. The lowest BCUT2D eigenvalue weighted by Gasteiger charge is -2.39. The Bertz CT molecular complexity index is 184. The van der Waals surface area contributed by atoms with Crippen molar-refractivity contribution < 1.29 is 9.84 Å². The fourth-order valence-electron chi connectivity index (χ4n) is 2.95. The summed E-state index contributed by atoms with van der Waals surface area (Å²) in [4.78, 5) is 0. The van der Waals surface area contributed by atoms with Gasteiger partial charge >= 0.3 is 0 Å². The average molecular weight is 213 g/mol. The van der Waals surface area contributed by atoms with E-state index in [1.54, 1.807) is 0 Å². The lowest BCUT2D eigenvalue weighted by atomic mass is 9.71. The van der Waals surface area contributed by atoms with Gasteiger partial charge in [0.05, 0.1) is 0 Å². The maximum atomic E-state index is 9.61. The Balaban J connectivity index is 1.87. The van der Waals surface area contributed by atoms with Gasteiger partial charge in [-0.25, -0.2) is 0 Å². The SMILES string of the molecule is OCC1(CC2CCOCC2)CCNCC1. The van der Waals surface area contributed by atoms with E-state index in [9.17, 15) is 5.11 Å². The largest absolute Gasteiger partial charge is 0.396 e. The van der Waals surface area contributed by atoms with Crippen molar-refractivity contribution in [1.82, 2.24) is 5.32 Å². The highest BCUT2D eigenvalue weighted by Crippen LogP contribution is 2.38. The maximum absolute atomic E-state index is 9.61. The van der Waals surface area contributed by atoms with Crippen molar-refractivity contribution >= 4 is 0 Å². The predicted octanol–water partition coefficient (Wildman–Crippen LogP) is 1.17. The smallest absolute Gasteiger partial charge is 0.0488 e. The van der Waals surface area contributed by atoms with Gasteiger partial charge in [0.2, 0.25) is 0 Å². The fourth-order valence-corrected chi connectivity index (χ4v) is 2.95. The third-order valence-corrected chi connectivity index (χ3v) is 4.06. The normalized spacial score (nSPS) is 27.8. The summed E-state index contributed by atoms with van der Waals surface area (Å²) in [7, 11) is 0. The Kier molecular flexibility index (Phi) is 4.00. The molecular formula is C12H23NO2. The van der Waals surface area contributed by atoms with E-state index in [2.05, 4.69) is 5.32 Å². The van der Waals surface area contributed by atoms with Crippen molar-refractivity contribution in [1.29, 1.82) is 0 Å². The van der Waals surface area contributed by atoms with Gasteiger partial charge in [-0.3, -0.25) is 0 Å². The summed E-state index contributed by atoms with van der Waals surface area (Å²) in [6.45, 7) is 4.36. The summed E-state index contributed by atoms with van der Waals surface area (Å²) in [5.41, 5.74) is 0.216. The quantitative estimate of drug-likeness (QED) is 0.739. The number of rotatable bonds is 3. The maximum Gasteiger partial charge on any atom is 0.0488 e. The zero-order chi connectivity index (χ0) is 10.6. The number of piperidine rings is 1. The van der Waals surface area contributed by atoms with Crippen LogP contribution in [0.5, 0.6) is 0 Å². The molecule has 3 nitrogen and oxygen atoms in total. The molecule has 2 saturated heterocycles. The van der Waals surface area contributed by atoms with Gasteiger partial charge in [-0.2, -0.15) is 0 Å². The highest BCUT2D eigenvalue weighted by atomic mass is 16.5. The molecular weight excluding hydrogens is 190 g/mol. The molecule has 0 aromatic rings. The van der Waals surface area contributed by atoms with Crippen LogP contribution >= 0.6 is 0 Å². The van der Waals surface area contributed by atoms with Crippen LogP contribution < -0.4 is 5.32 Å². The van der Waals surface area contributed by atoms with E-state index in [0.717, 1.165) is 45.1 Å². The molecule has 0 bridgehead atoms. The molecule has 0 saturated carbocycles. The minimum absolute atomic E-state index is 0.216. The fraction of sp³-hybridized carbons (Fsp3) is 1.00. The molecule has 2 fully saturated rings. The minimum atomic E-state index is 0.216. The number of ether oxygens (including phenoxy) is 1. The van der Waals surface area contributed by atoms with E-state index in [-0.39, 0.29) is 5.41 Å². The highest BCUT2D eigenvalue weighted by Gasteiger charge is 2.34. The van der Waals surface area contributed by atoms with Crippen LogP contribution in [0, 0.1) is 11.3 Å². The molecule has 2 rings (SSSR count). The predicted molar refractivity (Wildman–Crippen MR) is 59.8 cm³/mol. The van der Waals surface area contributed by atoms with Crippen molar-refractivity contribution in [2.45, 2.75) is 32.1 Å². The second-order valence-corrected chi connectivity index (χ2v) is 5.17. The van der Waals surface area contributed by atoms with Gasteiger partial charge in [0.15, 0.2) is 0 Å². The Labute approximate surface area is 92.2 Å². The molecule has 88 valence electrons. The number of aliphatic hydroxyl groups excluding tert-OH is 1. The van der Waals surface area contributed by atoms with Crippen molar-refractivity contribution in [3.63, 3.8) is 0 Å². The van der Waals surface area contributed by atoms with Crippen LogP contribution in [0.25, 0.3) is 0 Å². The van der Waals surface area contributed by atoms with E-state index >= 15 is 0 Å². The van der Waals surface area contributed by atoms with E-state index in [1.807, 2.05) is 0 Å². The van der Waals surface area contributed by atoms with Crippen LogP contribution in [-0.4, -0.2) is 38.0 Å². The van der Waals surface area contributed by atoms with Crippen LogP contribution in [0.1, 0.15) is 32.1 Å². The van der Waals surface area contributed by atoms with Crippen molar-refractivity contribution in [2.75, 3.05) is 32.9 Å². The first-order chi connectivity index (χ1) is 7.35. The second-order valence-electron chi connectivity index (χ2n) is 5.17. The van der Waals surface area contributed by atoms with Crippen LogP contribution in [0.2, 0.25) is 0 Å². The van der Waals surface area contributed by atoms with E-state index in [4.69, 9.17) is 4.74 Å². The van der Waals surface area contributed by atoms with Gasteiger partial charge in [0, 0.05) is 19.8 Å². The molecule has 2 aliphatic heterocycles. The molecule has 2 heterocycles. The lowest BCUT2D eigenvalue weighted by Crippen LogP contribution is -2.41. The molecule has 0 amide bonds. The molecule has 2 aliphatic rings. The molecule has 0 spiro atoms. The Morgan fingerprint density at radius 1 is 1.20 bits per heavy atom. The van der Waals surface area contributed by atoms with Gasteiger partial charge in [0.25, 0.3) is 0 Å². The van der Waals surface area contributed by atoms with Crippen LogP contribution in [0.15, 0.2) is 0 Å². The Hall–Kier alpha value is -0.120. The second kappa shape index (κ2) is 5.28. The first-order valence-corrected chi connectivity index (χ1v) is 6.24. The van der Waals surface area contributed by atoms with Gasteiger partial charge in [-0.15, -0.1) is 0 Å². The third kappa shape index (κ3) is 2.92. The van der Waals surface area contributed by atoms with Crippen LogP contribution in [0.3, 0.4) is 0 Å². The van der Waals surface area contributed by atoms with E-state index < -0.39 is 0 Å². The molecule has 0 aliphatic carbocycles. The summed E-state index contributed by atoms with van der Waals surface area (Å²) in [6, 6.07) is 0. The zero-order valence-electron chi connectivity index (χ0n) is 9.50. The molecule has 0 aromatic carbocycles. The molecule has 15 heavy (non-hydrogen) atoms. The third-order valence-electron chi connectivity index (χ3n) is 4.06. The molecule has 0 aromatic heterocycles. The van der Waals surface area contributed by atoms with Gasteiger partial charge in [0.1, 0.15) is 0 Å².